The summed E-state index contributed by atoms with van der Waals surface area (Å²) in [6.45, 7) is 1.42. The Kier molecular flexibility index (Phi) is 11.0. The molecule has 0 aliphatic heterocycles. The molecule has 0 bridgehead atoms. The molecule has 46 heavy (non-hydrogen) atoms. The van der Waals surface area contributed by atoms with Crippen LogP contribution in [0, 0.1) is 0 Å². The van der Waals surface area contributed by atoms with Crippen LogP contribution in [0.2, 0.25) is 0 Å². The van der Waals surface area contributed by atoms with Crippen LogP contribution in [0.25, 0.3) is 0 Å². The third-order valence-corrected chi connectivity index (χ3v) is 7.50. The Labute approximate surface area is 268 Å². The predicted molar refractivity (Wildman–Crippen MR) is 176 cm³/mol. The van der Waals surface area contributed by atoms with Crippen molar-refractivity contribution in [1.82, 2.24) is 4.90 Å². The van der Waals surface area contributed by atoms with Gasteiger partial charge in [-0.25, -0.2) is 4.79 Å². The van der Waals surface area contributed by atoms with E-state index in [2.05, 4.69) is 5.32 Å². The third kappa shape index (κ3) is 8.51. The van der Waals surface area contributed by atoms with Crippen LogP contribution in [0.5, 0.6) is 5.75 Å². The van der Waals surface area contributed by atoms with E-state index in [1.807, 2.05) is 78.9 Å². The van der Waals surface area contributed by atoms with Crippen molar-refractivity contribution in [3.63, 3.8) is 0 Å². The zero-order valence-electron chi connectivity index (χ0n) is 25.6. The standard InChI is InChI=1S/C38H36N2O6/c1-44-38(43)35(39-34-16-9-8-15-33(34)36(41)30-13-6-3-7-14-30)25-28-17-19-32(20-18-28)46-23-10-22-40(26-29-11-4-2-5-12-29)37(42)31-21-24-45-27-31/h2-9,11-21,24,27,35,39H,10,22-23,25-26H2,1H3/t35-/m0/s1. The number of hydrogen-bond donors (Lipinski definition) is 1. The van der Waals surface area contributed by atoms with E-state index < -0.39 is 12.0 Å². The number of hydrogen-bond acceptors (Lipinski definition) is 7. The molecule has 234 valence electrons. The molecule has 1 amide bonds. The van der Waals surface area contributed by atoms with Gasteiger partial charge in [-0.3, -0.25) is 9.59 Å². The van der Waals surface area contributed by atoms with Gasteiger partial charge in [-0.15, -0.1) is 0 Å². The molecular weight excluding hydrogens is 580 g/mol. The van der Waals surface area contributed by atoms with E-state index in [1.165, 1.54) is 19.6 Å². The first-order valence-corrected chi connectivity index (χ1v) is 15.1. The van der Waals surface area contributed by atoms with E-state index in [0.29, 0.717) is 60.7 Å². The number of methoxy groups -OCH3 is 1. The Morgan fingerprint density at radius 3 is 2.17 bits per heavy atom. The van der Waals surface area contributed by atoms with E-state index in [9.17, 15) is 14.4 Å². The highest BCUT2D eigenvalue weighted by molar-refractivity contribution is 6.12. The summed E-state index contributed by atoms with van der Waals surface area (Å²) in [6.07, 6.45) is 3.93. The molecule has 8 heteroatoms. The molecule has 1 aromatic heterocycles. The lowest BCUT2D eigenvalue weighted by Crippen LogP contribution is -2.33. The second-order valence-corrected chi connectivity index (χ2v) is 10.7. The summed E-state index contributed by atoms with van der Waals surface area (Å²) in [6, 6.07) is 34.5. The molecule has 5 aromatic rings. The van der Waals surface area contributed by atoms with Gasteiger partial charge < -0.3 is 24.1 Å². The number of carbonyl (C=O) groups excluding carboxylic acids is 3. The van der Waals surface area contributed by atoms with Gasteiger partial charge in [0.25, 0.3) is 5.91 Å². The normalized spacial score (nSPS) is 11.3. The lowest BCUT2D eigenvalue weighted by molar-refractivity contribution is -0.141. The van der Waals surface area contributed by atoms with Gasteiger partial charge in [0.2, 0.25) is 0 Å². The Morgan fingerprint density at radius 1 is 0.783 bits per heavy atom. The average Bonchev–Trinajstić information content (AvgIpc) is 3.65. The number of carbonyl (C=O) groups is 3. The van der Waals surface area contributed by atoms with Crippen molar-refractivity contribution in [3.8, 4) is 5.75 Å². The molecule has 1 heterocycles. The highest BCUT2D eigenvalue weighted by atomic mass is 16.5. The van der Waals surface area contributed by atoms with Gasteiger partial charge in [-0.1, -0.05) is 84.9 Å². The van der Waals surface area contributed by atoms with E-state index in [4.69, 9.17) is 13.9 Å². The summed E-state index contributed by atoms with van der Waals surface area (Å²) < 4.78 is 16.2. The molecule has 8 nitrogen and oxygen atoms in total. The topological polar surface area (TPSA) is 98.1 Å². The number of nitrogens with zero attached hydrogens (tertiary/aromatic N) is 1. The Bertz CT molecular complexity index is 1700. The molecule has 5 rings (SSSR count). The first-order chi connectivity index (χ1) is 22.5. The zero-order chi connectivity index (χ0) is 32.1. The van der Waals surface area contributed by atoms with Crippen molar-refractivity contribution < 1.29 is 28.3 Å². The van der Waals surface area contributed by atoms with E-state index in [-0.39, 0.29) is 11.7 Å². The number of para-hydroxylation sites is 1. The number of nitrogens with one attached hydrogen (secondary N) is 1. The van der Waals surface area contributed by atoms with Gasteiger partial charge in [0.05, 0.1) is 25.5 Å². The van der Waals surface area contributed by atoms with Crippen LogP contribution in [0.4, 0.5) is 5.69 Å². The summed E-state index contributed by atoms with van der Waals surface area (Å²) >= 11 is 0. The highest BCUT2D eigenvalue weighted by Crippen LogP contribution is 2.22. The maximum atomic E-state index is 13.2. The molecule has 0 spiro atoms. The largest absolute Gasteiger partial charge is 0.494 e. The molecule has 0 aliphatic carbocycles. The van der Waals surface area contributed by atoms with Crippen LogP contribution < -0.4 is 10.1 Å². The van der Waals surface area contributed by atoms with Gasteiger partial charge in [-0.2, -0.15) is 0 Å². The van der Waals surface area contributed by atoms with Crippen molar-refractivity contribution >= 4 is 23.3 Å². The van der Waals surface area contributed by atoms with Crippen LogP contribution in [0.3, 0.4) is 0 Å². The van der Waals surface area contributed by atoms with E-state index >= 15 is 0 Å². The minimum atomic E-state index is -0.718. The quantitative estimate of drug-likeness (QED) is 0.0783. The van der Waals surface area contributed by atoms with Crippen LogP contribution >= 0.6 is 0 Å². The summed E-state index contributed by atoms with van der Waals surface area (Å²) in [5.74, 6) is 0.0128. The Balaban J connectivity index is 1.18. The fourth-order valence-electron chi connectivity index (χ4n) is 5.10. The Morgan fingerprint density at radius 2 is 1.48 bits per heavy atom. The van der Waals surface area contributed by atoms with Crippen molar-refractivity contribution in [3.05, 3.63) is 156 Å². The highest BCUT2D eigenvalue weighted by Gasteiger charge is 2.23. The lowest BCUT2D eigenvalue weighted by atomic mass is 10.00. The number of benzene rings is 4. The first kappa shape index (κ1) is 31.8. The van der Waals surface area contributed by atoms with Gasteiger partial charge in [0.15, 0.2) is 5.78 Å². The molecule has 1 N–H and O–H groups in total. The second-order valence-electron chi connectivity index (χ2n) is 10.7. The second kappa shape index (κ2) is 15.9. The number of furan rings is 1. The number of ketones is 1. The summed E-state index contributed by atoms with van der Waals surface area (Å²) in [5.41, 5.74) is 4.04. The summed E-state index contributed by atoms with van der Waals surface area (Å²) in [4.78, 5) is 40.8. The zero-order valence-corrected chi connectivity index (χ0v) is 25.6. The molecular formula is C38H36N2O6. The maximum absolute atomic E-state index is 13.2. The lowest BCUT2D eigenvalue weighted by Gasteiger charge is -2.22. The average molecular weight is 617 g/mol. The SMILES string of the molecule is COC(=O)[C@H](Cc1ccc(OCCCN(Cc2ccccc2)C(=O)c2ccoc2)cc1)Nc1ccccc1C(=O)c1ccccc1. The third-order valence-electron chi connectivity index (χ3n) is 7.50. The molecule has 0 saturated heterocycles. The summed E-state index contributed by atoms with van der Waals surface area (Å²) in [7, 11) is 1.35. The molecule has 0 saturated carbocycles. The van der Waals surface area contributed by atoms with Gasteiger partial charge in [0.1, 0.15) is 18.1 Å². The fraction of sp³-hybridized carbons (Fsp3) is 0.184. The number of amides is 1. The van der Waals surface area contributed by atoms with Crippen LogP contribution in [0.1, 0.15) is 43.8 Å². The maximum Gasteiger partial charge on any atom is 0.328 e. The summed E-state index contributed by atoms with van der Waals surface area (Å²) in [5, 5.41) is 3.24. The van der Waals surface area contributed by atoms with E-state index in [1.54, 1.807) is 41.3 Å². The van der Waals surface area contributed by atoms with Crippen molar-refractivity contribution in [2.75, 3.05) is 25.6 Å². The molecule has 0 fully saturated rings. The molecule has 4 aromatic carbocycles. The minimum Gasteiger partial charge on any atom is -0.494 e. The molecule has 0 aliphatic rings. The van der Waals surface area contributed by atoms with Gasteiger partial charge >= 0.3 is 5.97 Å². The number of ether oxygens (including phenoxy) is 2. The molecule has 0 unspecified atom stereocenters. The monoisotopic (exact) mass is 616 g/mol. The number of anilines is 1. The number of rotatable bonds is 15. The minimum absolute atomic E-state index is 0.0946. The van der Waals surface area contributed by atoms with Crippen LogP contribution in [-0.2, 0) is 22.5 Å². The predicted octanol–water partition coefficient (Wildman–Crippen LogP) is 6.82. The molecule has 0 radical (unpaired) electrons. The number of esters is 1. The Hall–Kier alpha value is -5.63. The van der Waals surface area contributed by atoms with Crippen molar-refractivity contribution in [2.24, 2.45) is 0 Å². The first-order valence-electron chi connectivity index (χ1n) is 15.1. The van der Waals surface area contributed by atoms with Crippen LogP contribution in [0.15, 0.2) is 132 Å². The van der Waals surface area contributed by atoms with Gasteiger partial charge in [0, 0.05) is 36.3 Å². The van der Waals surface area contributed by atoms with E-state index in [0.717, 1.165) is 11.1 Å². The fourth-order valence-corrected chi connectivity index (χ4v) is 5.10. The van der Waals surface area contributed by atoms with Crippen LogP contribution in [-0.4, -0.2) is 48.9 Å². The van der Waals surface area contributed by atoms with Gasteiger partial charge in [-0.05, 0) is 47.9 Å². The van der Waals surface area contributed by atoms with Crippen molar-refractivity contribution in [1.29, 1.82) is 0 Å². The smallest absolute Gasteiger partial charge is 0.328 e. The van der Waals surface area contributed by atoms with Crippen molar-refractivity contribution in [2.45, 2.75) is 25.4 Å². The molecule has 1 atom stereocenters.